The number of hydrogen-bond acceptors (Lipinski definition) is 6. The first-order valence-electron chi connectivity index (χ1n) is 9.24. The van der Waals surface area contributed by atoms with Crippen molar-refractivity contribution >= 4 is 12.3 Å². The highest BCUT2D eigenvalue weighted by Crippen LogP contribution is 2.28. The molecular weight excluding hydrogens is 372 g/mol. The topological polar surface area (TPSA) is 78.4 Å². The Balaban J connectivity index is 1.86. The molecule has 0 fully saturated rings. The Morgan fingerprint density at radius 2 is 1.69 bits per heavy atom. The van der Waals surface area contributed by atoms with E-state index in [4.69, 9.17) is 14.2 Å². The molecule has 0 aliphatic carbocycles. The molecule has 2 rings (SSSR count). The van der Waals surface area contributed by atoms with Gasteiger partial charge in [-0.3, -0.25) is 0 Å². The largest absolute Gasteiger partial charge is 0.493 e. The lowest BCUT2D eigenvalue weighted by atomic mass is 9.87. The lowest BCUT2D eigenvalue weighted by Gasteiger charge is -2.19. The molecule has 156 valence electrons. The number of carbonyl (C=O) groups excluding carboxylic acids is 1. The van der Waals surface area contributed by atoms with Crippen molar-refractivity contribution in [2.75, 3.05) is 27.4 Å². The van der Waals surface area contributed by atoms with Crippen LogP contribution in [-0.4, -0.2) is 39.7 Å². The average molecular weight is 400 g/mol. The number of hydrogen-bond donors (Lipinski definition) is 1. The van der Waals surface area contributed by atoms with Crippen LogP contribution >= 0.6 is 0 Å². The Bertz CT molecular complexity index is 826. The summed E-state index contributed by atoms with van der Waals surface area (Å²) >= 11 is 0. The molecule has 0 aliphatic rings. The van der Waals surface area contributed by atoms with Crippen LogP contribution in [0.4, 0.5) is 4.79 Å². The van der Waals surface area contributed by atoms with Gasteiger partial charge in [0.2, 0.25) is 0 Å². The number of ether oxygens (including phenoxy) is 4. The second kappa shape index (κ2) is 10.4. The summed E-state index contributed by atoms with van der Waals surface area (Å²) in [7, 11) is 2.83. The van der Waals surface area contributed by atoms with Crippen LogP contribution in [0.25, 0.3) is 0 Å². The summed E-state index contributed by atoms with van der Waals surface area (Å²) in [6.45, 7) is 7.31. The number of amides is 1. The Hall–Kier alpha value is -3.22. The van der Waals surface area contributed by atoms with Gasteiger partial charge in [-0.05, 0) is 46.9 Å². The number of methoxy groups -OCH3 is 2. The van der Waals surface area contributed by atoms with Crippen LogP contribution in [-0.2, 0) is 10.2 Å². The van der Waals surface area contributed by atoms with Crippen LogP contribution < -0.4 is 19.6 Å². The number of benzene rings is 2. The normalized spacial score (nSPS) is 11.2. The third kappa shape index (κ3) is 7.03. The first-order valence-corrected chi connectivity index (χ1v) is 9.24. The van der Waals surface area contributed by atoms with Gasteiger partial charge in [-0.15, -0.1) is 0 Å². The molecule has 0 atom stereocenters. The summed E-state index contributed by atoms with van der Waals surface area (Å²) in [5.74, 6) is 1.96. The third-order valence-electron chi connectivity index (χ3n) is 4.07. The maximum Gasteiger partial charge on any atom is 0.427 e. The van der Waals surface area contributed by atoms with Gasteiger partial charge in [-0.2, -0.15) is 5.10 Å². The molecular formula is C22H28N2O5. The van der Waals surface area contributed by atoms with Gasteiger partial charge in [0.15, 0.2) is 11.5 Å². The maximum atomic E-state index is 11.0. The molecule has 0 saturated carbocycles. The van der Waals surface area contributed by atoms with Crippen LogP contribution in [0.15, 0.2) is 47.6 Å². The van der Waals surface area contributed by atoms with E-state index in [1.165, 1.54) is 18.9 Å². The summed E-state index contributed by atoms with van der Waals surface area (Å²) in [6, 6.07) is 13.4. The Morgan fingerprint density at radius 1 is 1.00 bits per heavy atom. The van der Waals surface area contributed by atoms with Crippen molar-refractivity contribution in [3.63, 3.8) is 0 Å². The lowest BCUT2D eigenvalue weighted by molar-refractivity contribution is 0.171. The standard InChI is InChI=1S/C22H28N2O5/c1-22(2,3)17-7-9-18(10-8-17)28-12-13-29-19-11-6-16(14-20(19)26-4)15-23-24-21(25)27-5/h6-11,14-15H,12-13H2,1-5H3,(H,24,25)/b23-15-. The predicted molar refractivity (Wildman–Crippen MR) is 112 cm³/mol. The summed E-state index contributed by atoms with van der Waals surface area (Å²) < 4.78 is 21.3. The van der Waals surface area contributed by atoms with Crippen LogP contribution in [0.1, 0.15) is 31.9 Å². The van der Waals surface area contributed by atoms with Gasteiger partial charge in [0.1, 0.15) is 19.0 Å². The van der Waals surface area contributed by atoms with E-state index in [-0.39, 0.29) is 5.41 Å². The summed E-state index contributed by atoms with van der Waals surface area (Å²) in [4.78, 5) is 11.0. The molecule has 0 unspecified atom stereocenters. The van der Waals surface area contributed by atoms with E-state index in [1.54, 1.807) is 25.3 Å². The molecule has 29 heavy (non-hydrogen) atoms. The van der Waals surface area contributed by atoms with Gasteiger partial charge >= 0.3 is 6.09 Å². The minimum atomic E-state index is -0.638. The van der Waals surface area contributed by atoms with Gasteiger partial charge in [0.25, 0.3) is 0 Å². The summed E-state index contributed by atoms with van der Waals surface area (Å²) in [6.07, 6.45) is 0.842. The van der Waals surface area contributed by atoms with Crippen molar-refractivity contribution in [2.45, 2.75) is 26.2 Å². The van der Waals surface area contributed by atoms with E-state index in [2.05, 4.69) is 48.2 Å². The van der Waals surface area contributed by atoms with E-state index in [1.807, 2.05) is 12.1 Å². The molecule has 0 bridgehead atoms. The monoisotopic (exact) mass is 400 g/mol. The Labute approximate surface area is 171 Å². The predicted octanol–water partition coefficient (Wildman–Crippen LogP) is 4.14. The molecule has 2 aromatic rings. The van der Waals surface area contributed by atoms with Crippen molar-refractivity contribution in [1.82, 2.24) is 5.43 Å². The minimum Gasteiger partial charge on any atom is -0.493 e. The Kier molecular flexibility index (Phi) is 7.88. The molecule has 1 amide bonds. The molecule has 0 spiro atoms. The molecule has 0 radical (unpaired) electrons. The van der Waals surface area contributed by atoms with Crippen LogP contribution in [0.5, 0.6) is 17.2 Å². The van der Waals surface area contributed by atoms with Gasteiger partial charge in [0, 0.05) is 0 Å². The Morgan fingerprint density at radius 3 is 2.31 bits per heavy atom. The minimum absolute atomic E-state index is 0.116. The smallest absolute Gasteiger partial charge is 0.427 e. The van der Waals surface area contributed by atoms with Gasteiger partial charge in [0.05, 0.1) is 20.4 Å². The van der Waals surface area contributed by atoms with Gasteiger partial charge < -0.3 is 18.9 Å². The second-order valence-corrected chi connectivity index (χ2v) is 7.24. The van der Waals surface area contributed by atoms with Crippen LogP contribution in [0, 0.1) is 0 Å². The van der Waals surface area contributed by atoms with Crippen molar-refractivity contribution in [3.8, 4) is 17.2 Å². The fourth-order valence-electron chi connectivity index (χ4n) is 2.45. The zero-order chi connectivity index (χ0) is 21.3. The van der Waals surface area contributed by atoms with Gasteiger partial charge in [-0.1, -0.05) is 32.9 Å². The maximum absolute atomic E-state index is 11.0. The van der Waals surface area contributed by atoms with E-state index in [0.29, 0.717) is 24.7 Å². The number of rotatable bonds is 8. The zero-order valence-corrected chi connectivity index (χ0v) is 17.5. The van der Waals surface area contributed by atoms with Crippen molar-refractivity contribution < 1.29 is 23.7 Å². The number of nitrogens with zero attached hydrogens (tertiary/aromatic N) is 1. The lowest BCUT2D eigenvalue weighted by Crippen LogP contribution is -2.16. The number of hydrazone groups is 1. The van der Waals surface area contributed by atoms with E-state index < -0.39 is 6.09 Å². The quantitative estimate of drug-likeness (QED) is 0.409. The molecule has 0 saturated heterocycles. The van der Waals surface area contributed by atoms with E-state index in [0.717, 1.165) is 11.3 Å². The number of carbonyl (C=O) groups is 1. The van der Waals surface area contributed by atoms with Crippen LogP contribution in [0.3, 0.4) is 0 Å². The van der Waals surface area contributed by atoms with Crippen molar-refractivity contribution in [1.29, 1.82) is 0 Å². The van der Waals surface area contributed by atoms with Crippen LogP contribution in [0.2, 0.25) is 0 Å². The highest BCUT2D eigenvalue weighted by Gasteiger charge is 2.13. The fraction of sp³-hybridized carbons (Fsp3) is 0.364. The third-order valence-corrected chi connectivity index (χ3v) is 4.07. The molecule has 1 N–H and O–H groups in total. The zero-order valence-electron chi connectivity index (χ0n) is 17.5. The molecule has 7 nitrogen and oxygen atoms in total. The molecule has 7 heteroatoms. The van der Waals surface area contributed by atoms with Crippen molar-refractivity contribution in [2.24, 2.45) is 5.10 Å². The molecule has 0 aliphatic heterocycles. The van der Waals surface area contributed by atoms with E-state index in [9.17, 15) is 4.79 Å². The molecule has 0 aromatic heterocycles. The molecule has 0 heterocycles. The first kappa shape index (κ1) is 22.1. The molecule has 2 aromatic carbocycles. The first-order chi connectivity index (χ1) is 13.8. The second-order valence-electron chi connectivity index (χ2n) is 7.24. The fourth-order valence-corrected chi connectivity index (χ4v) is 2.45. The summed E-state index contributed by atoms with van der Waals surface area (Å²) in [5.41, 5.74) is 4.33. The highest BCUT2D eigenvalue weighted by atomic mass is 16.5. The van der Waals surface area contributed by atoms with Crippen molar-refractivity contribution in [3.05, 3.63) is 53.6 Å². The number of nitrogens with one attached hydrogen (secondary N) is 1. The highest BCUT2D eigenvalue weighted by molar-refractivity contribution is 5.82. The average Bonchev–Trinajstić information content (AvgIpc) is 2.71. The van der Waals surface area contributed by atoms with Gasteiger partial charge in [-0.25, -0.2) is 10.2 Å². The van der Waals surface area contributed by atoms with E-state index >= 15 is 0 Å². The summed E-state index contributed by atoms with van der Waals surface area (Å²) in [5, 5.41) is 3.78. The SMILES string of the molecule is COC(=O)N/N=C\c1ccc(OCCOc2ccc(C(C)(C)C)cc2)c(OC)c1.